The predicted octanol–water partition coefficient (Wildman–Crippen LogP) is 5.30. The SMILES string of the molecule is N#CNC(=Nc1ccc(Oc2ccc(Cl)cc2)cc1)Nc1ccccc1. The molecule has 3 aromatic carbocycles. The van der Waals surface area contributed by atoms with Crippen molar-refractivity contribution >= 4 is 28.9 Å². The number of benzene rings is 3. The van der Waals surface area contributed by atoms with Gasteiger partial charge in [-0.15, -0.1) is 0 Å². The van der Waals surface area contributed by atoms with Gasteiger partial charge in [0.15, 0.2) is 6.19 Å². The van der Waals surface area contributed by atoms with Crippen LogP contribution in [0.4, 0.5) is 11.4 Å². The Labute approximate surface area is 156 Å². The molecule has 0 unspecified atom stereocenters. The van der Waals surface area contributed by atoms with E-state index < -0.39 is 0 Å². The van der Waals surface area contributed by atoms with E-state index in [0.717, 1.165) is 5.69 Å². The van der Waals surface area contributed by atoms with Crippen LogP contribution < -0.4 is 15.4 Å². The molecule has 26 heavy (non-hydrogen) atoms. The molecule has 3 rings (SSSR count). The number of hydrogen-bond acceptors (Lipinski definition) is 3. The number of nitrogens with one attached hydrogen (secondary N) is 2. The lowest BCUT2D eigenvalue weighted by Crippen LogP contribution is -2.26. The van der Waals surface area contributed by atoms with Crippen LogP contribution >= 0.6 is 11.6 Å². The van der Waals surface area contributed by atoms with Crippen LogP contribution in [0.5, 0.6) is 11.5 Å². The number of hydrogen-bond donors (Lipinski definition) is 2. The quantitative estimate of drug-likeness (QED) is 0.286. The summed E-state index contributed by atoms with van der Waals surface area (Å²) in [6.45, 7) is 0. The maximum atomic E-state index is 8.91. The standard InChI is InChI=1S/C20H15ClN4O/c21-15-6-10-18(11-7-15)26-19-12-8-17(9-13-19)25-20(23-14-22)24-16-4-2-1-3-5-16/h1-13H,(H2,23,24,25). The second-order valence-electron chi connectivity index (χ2n) is 5.24. The third kappa shape index (κ3) is 5.00. The maximum absolute atomic E-state index is 8.91. The molecule has 0 spiro atoms. The van der Waals surface area contributed by atoms with E-state index in [-0.39, 0.29) is 0 Å². The molecule has 0 fully saturated rings. The smallest absolute Gasteiger partial charge is 0.214 e. The minimum absolute atomic E-state index is 0.338. The summed E-state index contributed by atoms with van der Waals surface area (Å²) in [5.74, 6) is 1.71. The van der Waals surface area contributed by atoms with Crippen molar-refractivity contribution in [3.63, 3.8) is 0 Å². The minimum atomic E-state index is 0.338. The fraction of sp³-hybridized carbons (Fsp3) is 0. The summed E-state index contributed by atoms with van der Waals surface area (Å²) in [5.41, 5.74) is 1.51. The predicted molar refractivity (Wildman–Crippen MR) is 104 cm³/mol. The number of nitriles is 1. The van der Waals surface area contributed by atoms with Crippen molar-refractivity contribution in [1.29, 1.82) is 5.26 Å². The number of halogens is 1. The number of anilines is 1. The van der Waals surface area contributed by atoms with Gasteiger partial charge in [0.2, 0.25) is 5.96 Å². The summed E-state index contributed by atoms with van der Waals surface area (Å²) >= 11 is 5.86. The summed E-state index contributed by atoms with van der Waals surface area (Å²) in [7, 11) is 0. The summed E-state index contributed by atoms with van der Waals surface area (Å²) < 4.78 is 5.75. The van der Waals surface area contributed by atoms with Crippen LogP contribution in [-0.4, -0.2) is 5.96 Å². The van der Waals surface area contributed by atoms with E-state index in [2.05, 4.69) is 15.6 Å². The topological polar surface area (TPSA) is 69.4 Å². The molecule has 0 saturated heterocycles. The molecule has 0 amide bonds. The molecule has 5 nitrogen and oxygen atoms in total. The first-order valence-corrected chi connectivity index (χ1v) is 8.20. The third-order valence-corrected chi connectivity index (χ3v) is 3.59. The van der Waals surface area contributed by atoms with Crippen molar-refractivity contribution in [2.75, 3.05) is 5.32 Å². The van der Waals surface area contributed by atoms with Gasteiger partial charge in [-0.3, -0.25) is 5.32 Å². The van der Waals surface area contributed by atoms with Crippen molar-refractivity contribution in [1.82, 2.24) is 5.32 Å². The Morgan fingerprint density at radius 3 is 2.12 bits per heavy atom. The summed E-state index contributed by atoms with van der Waals surface area (Å²) in [6, 6.07) is 23.8. The van der Waals surface area contributed by atoms with Crippen LogP contribution in [0, 0.1) is 11.5 Å². The lowest BCUT2D eigenvalue weighted by Gasteiger charge is -2.08. The molecule has 0 aliphatic rings. The van der Waals surface area contributed by atoms with Gasteiger partial charge in [0, 0.05) is 10.7 Å². The molecule has 0 atom stereocenters. The van der Waals surface area contributed by atoms with Gasteiger partial charge in [-0.05, 0) is 60.7 Å². The Hall–Kier alpha value is -3.49. The van der Waals surface area contributed by atoms with Crippen molar-refractivity contribution in [3.8, 4) is 17.7 Å². The first-order chi connectivity index (χ1) is 12.7. The zero-order valence-corrected chi connectivity index (χ0v) is 14.4. The minimum Gasteiger partial charge on any atom is -0.457 e. The number of aliphatic imine (C=N–C) groups is 1. The summed E-state index contributed by atoms with van der Waals surface area (Å²) in [6.07, 6.45) is 1.88. The Balaban J connectivity index is 1.72. The van der Waals surface area contributed by atoms with Crippen LogP contribution in [0.15, 0.2) is 83.9 Å². The molecule has 0 aromatic heterocycles. The van der Waals surface area contributed by atoms with E-state index in [4.69, 9.17) is 21.6 Å². The van der Waals surface area contributed by atoms with Crippen LogP contribution in [0.25, 0.3) is 0 Å². The molecule has 128 valence electrons. The van der Waals surface area contributed by atoms with E-state index in [1.807, 2.05) is 36.5 Å². The molecule has 6 heteroatoms. The molecule has 0 saturated carbocycles. The first kappa shape index (κ1) is 17.3. The number of rotatable bonds is 4. The van der Waals surface area contributed by atoms with Crippen molar-refractivity contribution < 1.29 is 4.74 Å². The molecule has 0 radical (unpaired) electrons. The molecule has 3 aromatic rings. The highest BCUT2D eigenvalue weighted by Crippen LogP contribution is 2.25. The van der Waals surface area contributed by atoms with Crippen LogP contribution in [0.1, 0.15) is 0 Å². The number of para-hydroxylation sites is 1. The average Bonchev–Trinajstić information content (AvgIpc) is 2.66. The van der Waals surface area contributed by atoms with E-state index in [9.17, 15) is 0 Å². The van der Waals surface area contributed by atoms with Crippen molar-refractivity contribution in [2.24, 2.45) is 4.99 Å². The Morgan fingerprint density at radius 2 is 1.50 bits per heavy atom. The fourth-order valence-corrected chi connectivity index (χ4v) is 2.28. The second kappa shape index (κ2) is 8.56. The van der Waals surface area contributed by atoms with E-state index in [1.54, 1.807) is 48.5 Å². The van der Waals surface area contributed by atoms with E-state index in [0.29, 0.717) is 28.2 Å². The zero-order valence-electron chi connectivity index (χ0n) is 13.7. The Bertz CT molecular complexity index is 917. The third-order valence-electron chi connectivity index (χ3n) is 3.34. The molecule has 0 aliphatic heterocycles. The molecule has 0 heterocycles. The number of nitrogens with zero attached hydrogens (tertiary/aromatic N) is 2. The van der Waals surface area contributed by atoms with Gasteiger partial charge in [-0.25, -0.2) is 4.99 Å². The number of ether oxygens (including phenoxy) is 1. The van der Waals surface area contributed by atoms with Gasteiger partial charge in [-0.2, -0.15) is 5.26 Å². The van der Waals surface area contributed by atoms with E-state index in [1.165, 1.54) is 0 Å². The fourth-order valence-electron chi connectivity index (χ4n) is 2.15. The highest BCUT2D eigenvalue weighted by Gasteiger charge is 2.01. The van der Waals surface area contributed by atoms with Crippen LogP contribution in [-0.2, 0) is 0 Å². The van der Waals surface area contributed by atoms with E-state index >= 15 is 0 Å². The molecule has 0 aliphatic carbocycles. The van der Waals surface area contributed by atoms with Crippen molar-refractivity contribution in [3.05, 3.63) is 83.9 Å². The van der Waals surface area contributed by atoms with Gasteiger partial charge in [-0.1, -0.05) is 29.8 Å². The molecule has 0 bridgehead atoms. The van der Waals surface area contributed by atoms with Crippen LogP contribution in [0.2, 0.25) is 5.02 Å². The lowest BCUT2D eigenvalue weighted by molar-refractivity contribution is 0.483. The highest BCUT2D eigenvalue weighted by molar-refractivity contribution is 6.30. The maximum Gasteiger partial charge on any atom is 0.214 e. The highest BCUT2D eigenvalue weighted by atomic mass is 35.5. The average molecular weight is 363 g/mol. The molecule has 2 N–H and O–H groups in total. The van der Waals surface area contributed by atoms with Gasteiger partial charge < -0.3 is 10.1 Å². The van der Waals surface area contributed by atoms with Gasteiger partial charge in [0.25, 0.3) is 0 Å². The molecular weight excluding hydrogens is 348 g/mol. The second-order valence-corrected chi connectivity index (χ2v) is 5.67. The largest absolute Gasteiger partial charge is 0.457 e. The van der Waals surface area contributed by atoms with Crippen LogP contribution in [0.3, 0.4) is 0 Å². The van der Waals surface area contributed by atoms with Gasteiger partial charge in [0.1, 0.15) is 11.5 Å². The van der Waals surface area contributed by atoms with Crippen molar-refractivity contribution in [2.45, 2.75) is 0 Å². The first-order valence-electron chi connectivity index (χ1n) is 7.82. The Kier molecular flexibility index (Phi) is 5.71. The Morgan fingerprint density at radius 1 is 0.885 bits per heavy atom. The zero-order chi connectivity index (χ0) is 18.2. The summed E-state index contributed by atoms with van der Waals surface area (Å²) in [5, 5.41) is 15.2. The summed E-state index contributed by atoms with van der Waals surface area (Å²) in [4.78, 5) is 4.40. The lowest BCUT2D eigenvalue weighted by atomic mass is 10.3. The monoisotopic (exact) mass is 362 g/mol. The molecular formula is C20H15ClN4O. The number of guanidine groups is 1. The van der Waals surface area contributed by atoms with Gasteiger partial charge in [0.05, 0.1) is 5.69 Å². The van der Waals surface area contributed by atoms with Gasteiger partial charge >= 0.3 is 0 Å². The normalized spacial score (nSPS) is 10.7.